The molecule has 106 valence electrons. The molecule has 0 heterocycles. The lowest BCUT2D eigenvalue weighted by molar-refractivity contribution is -0.137. The maximum absolute atomic E-state index is 12.8. The van der Waals surface area contributed by atoms with Gasteiger partial charge in [-0.2, -0.15) is 13.2 Å². The SMILES string of the molecule is CCCC(CN)NC(=O)c1ccccc1C(F)(F)F. The van der Waals surface area contributed by atoms with E-state index in [0.29, 0.717) is 6.42 Å². The number of hydrogen-bond donors (Lipinski definition) is 2. The van der Waals surface area contributed by atoms with Crippen LogP contribution < -0.4 is 11.1 Å². The molecule has 6 heteroatoms. The van der Waals surface area contributed by atoms with Crippen LogP contribution in [0.15, 0.2) is 24.3 Å². The summed E-state index contributed by atoms with van der Waals surface area (Å²) in [6.07, 6.45) is -3.11. The molecule has 1 aromatic carbocycles. The first-order chi connectivity index (χ1) is 8.90. The van der Waals surface area contributed by atoms with Gasteiger partial charge >= 0.3 is 6.18 Å². The summed E-state index contributed by atoms with van der Waals surface area (Å²) in [7, 11) is 0. The molecule has 0 radical (unpaired) electrons. The lowest BCUT2D eigenvalue weighted by Gasteiger charge is -2.18. The maximum atomic E-state index is 12.8. The minimum atomic E-state index is -4.54. The van der Waals surface area contributed by atoms with Gasteiger partial charge in [-0.05, 0) is 18.6 Å². The van der Waals surface area contributed by atoms with Crippen molar-refractivity contribution in [3.05, 3.63) is 35.4 Å². The van der Waals surface area contributed by atoms with Crippen molar-refractivity contribution in [2.24, 2.45) is 5.73 Å². The molecule has 3 nitrogen and oxygen atoms in total. The van der Waals surface area contributed by atoms with E-state index in [0.717, 1.165) is 18.6 Å². The van der Waals surface area contributed by atoms with E-state index in [-0.39, 0.29) is 18.2 Å². The Bertz CT molecular complexity index is 432. The van der Waals surface area contributed by atoms with Crippen LogP contribution in [0.4, 0.5) is 13.2 Å². The molecule has 1 atom stereocenters. The highest BCUT2D eigenvalue weighted by molar-refractivity contribution is 5.96. The topological polar surface area (TPSA) is 55.1 Å². The van der Waals surface area contributed by atoms with Crippen LogP contribution in [-0.4, -0.2) is 18.5 Å². The van der Waals surface area contributed by atoms with Crippen LogP contribution >= 0.6 is 0 Å². The molecule has 0 bridgehead atoms. The molecule has 0 fully saturated rings. The van der Waals surface area contributed by atoms with Crippen LogP contribution in [0, 0.1) is 0 Å². The van der Waals surface area contributed by atoms with Crippen molar-refractivity contribution >= 4 is 5.91 Å². The first-order valence-corrected chi connectivity index (χ1v) is 6.07. The van der Waals surface area contributed by atoms with Crippen LogP contribution in [0.3, 0.4) is 0 Å². The average Bonchev–Trinajstić information content (AvgIpc) is 2.37. The summed E-state index contributed by atoms with van der Waals surface area (Å²) in [6.45, 7) is 2.12. The van der Waals surface area contributed by atoms with Crippen molar-refractivity contribution in [3.63, 3.8) is 0 Å². The quantitative estimate of drug-likeness (QED) is 0.867. The Kier molecular flexibility index (Phi) is 5.35. The standard InChI is InChI=1S/C13H17F3N2O/c1-2-5-9(8-17)18-12(19)10-6-3-4-7-11(10)13(14,15)16/h3-4,6-7,9H,2,5,8,17H2,1H3,(H,18,19). The summed E-state index contributed by atoms with van der Waals surface area (Å²) in [5, 5.41) is 2.53. The predicted molar refractivity (Wildman–Crippen MR) is 66.7 cm³/mol. The van der Waals surface area contributed by atoms with Gasteiger partial charge in [0.05, 0.1) is 11.1 Å². The summed E-state index contributed by atoms with van der Waals surface area (Å²) in [5.41, 5.74) is 4.17. The predicted octanol–water partition coefficient (Wildman–Crippen LogP) is 2.56. The zero-order valence-electron chi connectivity index (χ0n) is 10.6. The van der Waals surface area contributed by atoms with Crippen molar-refractivity contribution in [2.75, 3.05) is 6.54 Å². The second-order valence-corrected chi connectivity index (χ2v) is 4.24. The molecule has 1 aromatic rings. The van der Waals surface area contributed by atoms with Crippen LogP contribution in [-0.2, 0) is 6.18 Å². The number of halogens is 3. The normalized spacial score (nSPS) is 13.1. The molecule has 0 aliphatic rings. The van der Waals surface area contributed by atoms with Gasteiger partial charge in [-0.1, -0.05) is 25.5 Å². The summed E-state index contributed by atoms with van der Waals surface area (Å²) >= 11 is 0. The van der Waals surface area contributed by atoms with Gasteiger partial charge in [0.2, 0.25) is 0 Å². The highest BCUT2D eigenvalue weighted by Crippen LogP contribution is 2.31. The van der Waals surface area contributed by atoms with Crippen molar-refractivity contribution in [1.29, 1.82) is 0 Å². The molecule has 1 rings (SSSR count). The van der Waals surface area contributed by atoms with E-state index in [2.05, 4.69) is 5.32 Å². The summed E-state index contributed by atoms with van der Waals surface area (Å²) < 4.78 is 38.3. The largest absolute Gasteiger partial charge is 0.417 e. The average molecular weight is 274 g/mol. The second kappa shape index (κ2) is 6.56. The Morgan fingerprint density at radius 2 is 2.00 bits per heavy atom. The number of carbonyl (C=O) groups is 1. The fraction of sp³-hybridized carbons (Fsp3) is 0.462. The Balaban J connectivity index is 2.94. The Labute approximate surface area is 110 Å². The molecule has 19 heavy (non-hydrogen) atoms. The minimum absolute atomic E-state index is 0.202. The monoisotopic (exact) mass is 274 g/mol. The molecule has 3 N–H and O–H groups in total. The molecule has 0 aliphatic heterocycles. The number of rotatable bonds is 5. The van der Waals surface area contributed by atoms with E-state index in [9.17, 15) is 18.0 Å². The highest BCUT2D eigenvalue weighted by atomic mass is 19.4. The first-order valence-electron chi connectivity index (χ1n) is 6.07. The van der Waals surface area contributed by atoms with E-state index >= 15 is 0 Å². The van der Waals surface area contributed by atoms with E-state index in [1.54, 1.807) is 0 Å². The molecule has 0 aromatic heterocycles. The molecule has 1 amide bonds. The third kappa shape index (κ3) is 4.24. The van der Waals surface area contributed by atoms with Crippen LogP contribution in [0.1, 0.15) is 35.7 Å². The first kappa shape index (κ1) is 15.5. The molecular weight excluding hydrogens is 257 g/mol. The number of benzene rings is 1. The number of nitrogens with two attached hydrogens (primary N) is 1. The van der Waals surface area contributed by atoms with Crippen LogP contribution in [0.5, 0.6) is 0 Å². The molecular formula is C13H17F3N2O. The number of alkyl halides is 3. The van der Waals surface area contributed by atoms with Gasteiger partial charge in [-0.3, -0.25) is 4.79 Å². The molecule has 1 unspecified atom stereocenters. The van der Waals surface area contributed by atoms with Crippen molar-refractivity contribution in [2.45, 2.75) is 32.0 Å². The lowest BCUT2D eigenvalue weighted by atomic mass is 10.1. The van der Waals surface area contributed by atoms with Crippen molar-refractivity contribution in [3.8, 4) is 0 Å². The third-order valence-electron chi connectivity index (χ3n) is 2.73. The van der Waals surface area contributed by atoms with Gasteiger partial charge in [0.1, 0.15) is 0 Å². The second-order valence-electron chi connectivity index (χ2n) is 4.24. The molecule has 0 aliphatic carbocycles. The molecule has 0 saturated heterocycles. The van der Waals surface area contributed by atoms with Crippen LogP contribution in [0.2, 0.25) is 0 Å². The van der Waals surface area contributed by atoms with Crippen LogP contribution in [0.25, 0.3) is 0 Å². The minimum Gasteiger partial charge on any atom is -0.348 e. The fourth-order valence-corrected chi connectivity index (χ4v) is 1.79. The number of nitrogens with one attached hydrogen (secondary N) is 1. The van der Waals surface area contributed by atoms with E-state index in [1.165, 1.54) is 12.1 Å². The van der Waals surface area contributed by atoms with Gasteiger partial charge in [-0.15, -0.1) is 0 Å². The highest BCUT2D eigenvalue weighted by Gasteiger charge is 2.35. The van der Waals surface area contributed by atoms with E-state index < -0.39 is 17.6 Å². The smallest absolute Gasteiger partial charge is 0.348 e. The van der Waals surface area contributed by atoms with Crippen molar-refractivity contribution in [1.82, 2.24) is 5.32 Å². The molecule has 0 spiro atoms. The van der Waals surface area contributed by atoms with Gasteiger partial charge < -0.3 is 11.1 Å². The summed E-state index contributed by atoms with van der Waals surface area (Å²) in [6, 6.07) is 4.41. The van der Waals surface area contributed by atoms with Gasteiger partial charge in [0.15, 0.2) is 0 Å². The number of hydrogen-bond acceptors (Lipinski definition) is 2. The fourth-order valence-electron chi connectivity index (χ4n) is 1.79. The van der Waals surface area contributed by atoms with Crippen molar-refractivity contribution < 1.29 is 18.0 Å². The zero-order valence-corrected chi connectivity index (χ0v) is 10.6. The van der Waals surface area contributed by atoms with Gasteiger partial charge in [0, 0.05) is 12.6 Å². The Hall–Kier alpha value is -1.56. The summed E-state index contributed by atoms with van der Waals surface area (Å²) in [4.78, 5) is 11.9. The maximum Gasteiger partial charge on any atom is 0.417 e. The Morgan fingerprint density at radius 3 is 2.53 bits per heavy atom. The van der Waals surface area contributed by atoms with Gasteiger partial charge in [0.25, 0.3) is 5.91 Å². The molecule has 0 saturated carbocycles. The zero-order chi connectivity index (χ0) is 14.5. The van der Waals surface area contributed by atoms with E-state index in [4.69, 9.17) is 5.73 Å². The van der Waals surface area contributed by atoms with Gasteiger partial charge in [-0.25, -0.2) is 0 Å². The number of carbonyl (C=O) groups excluding carboxylic acids is 1. The summed E-state index contributed by atoms with van der Waals surface area (Å²) in [5.74, 6) is -0.739. The number of amides is 1. The van der Waals surface area contributed by atoms with E-state index in [1.807, 2.05) is 6.92 Å². The Morgan fingerprint density at radius 1 is 1.37 bits per heavy atom. The third-order valence-corrected chi connectivity index (χ3v) is 2.73. The lowest BCUT2D eigenvalue weighted by Crippen LogP contribution is -2.40.